The molecule has 3 aromatic rings. The van der Waals surface area contributed by atoms with E-state index in [1.165, 1.54) is 0 Å². The number of carbonyl (C=O) groups excluding carboxylic acids is 1. The van der Waals surface area contributed by atoms with Crippen LogP contribution >= 0.6 is 11.3 Å². The van der Waals surface area contributed by atoms with Crippen LogP contribution in [0.3, 0.4) is 0 Å². The van der Waals surface area contributed by atoms with E-state index >= 15 is 0 Å². The first-order valence-corrected chi connectivity index (χ1v) is 10.9. The van der Waals surface area contributed by atoms with E-state index in [-0.39, 0.29) is 16.2 Å². The Labute approximate surface area is 161 Å². The molecule has 3 heterocycles. The largest absolute Gasteiger partial charge is 0.467 e. The van der Waals surface area contributed by atoms with Crippen LogP contribution in [0.25, 0.3) is 0 Å². The maximum Gasteiger partial charge on any atom is 0.271 e. The zero-order chi connectivity index (χ0) is 18.9. The maximum atomic E-state index is 12.9. The number of sulfonamides is 1. The Morgan fingerprint density at radius 1 is 1.15 bits per heavy atom. The third kappa shape index (κ3) is 3.63. The lowest BCUT2D eigenvalue weighted by atomic mass is 10.1. The molecule has 1 unspecified atom stereocenters. The lowest BCUT2D eigenvalue weighted by molar-refractivity contribution is 0.0720. The Balaban J connectivity index is 1.50. The SMILES string of the molecule is O=C(c1ccc(NS(=O)(=O)c2cccs2)cc1)N1CCCC1c1ccco1. The van der Waals surface area contributed by atoms with Gasteiger partial charge in [0, 0.05) is 17.8 Å². The minimum Gasteiger partial charge on any atom is -0.467 e. The second-order valence-corrected chi connectivity index (χ2v) is 9.14. The van der Waals surface area contributed by atoms with Gasteiger partial charge in [0.15, 0.2) is 0 Å². The summed E-state index contributed by atoms with van der Waals surface area (Å²) in [7, 11) is -3.60. The molecule has 0 radical (unpaired) electrons. The molecule has 2 aromatic heterocycles. The second-order valence-electron chi connectivity index (χ2n) is 6.29. The Hall–Kier alpha value is -2.58. The van der Waals surface area contributed by atoms with Crippen LogP contribution in [-0.4, -0.2) is 25.8 Å². The zero-order valence-electron chi connectivity index (χ0n) is 14.4. The van der Waals surface area contributed by atoms with Crippen LogP contribution in [0.4, 0.5) is 5.69 Å². The molecular formula is C19H18N2O4S2. The molecule has 0 bridgehead atoms. The van der Waals surface area contributed by atoms with Gasteiger partial charge in [-0.2, -0.15) is 0 Å². The number of rotatable bonds is 5. The molecule has 4 rings (SSSR count). The number of furan rings is 1. The number of amides is 1. The van der Waals surface area contributed by atoms with Crippen molar-refractivity contribution < 1.29 is 17.6 Å². The van der Waals surface area contributed by atoms with E-state index in [0.717, 1.165) is 29.9 Å². The molecule has 0 spiro atoms. The van der Waals surface area contributed by atoms with Gasteiger partial charge in [-0.1, -0.05) is 6.07 Å². The van der Waals surface area contributed by atoms with Crippen molar-refractivity contribution in [1.82, 2.24) is 4.90 Å². The molecule has 0 aliphatic carbocycles. The van der Waals surface area contributed by atoms with E-state index in [4.69, 9.17) is 4.42 Å². The Bertz CT molecular complexity index is 1010. The summed E-state index contributed by atoms with van der Waals surface area (Å²) in [6.45, 7) is 0.678. The number of hydrogen-bond acceptors (Lipinski definition) is 5. The molecule has 6 nitrogen and oxygen atoms in total. The zero-order valence-corrected chi connectivity index (χ0v) is 16.0. The second kappa shape index (κ2) is 7.21. The molecule has 1 fully saturated rings. The van der Waals surface area contributed by atoms with Crippen molar-refractivity contribution in [3.8, 4) is 0 Å². The van der Waals surface area contributed by atoms with Crippen molar-refractivity contribution in [2.75, 3.05) is 11.3 Å². The molecule has 1 amide bonds. The van der Waals surface area contributed by atoms with Crippen LogP contribution in [0, 0.1) is 0 Å². The van der Waals surface area contributed by atoms with E-state index in [1.807, 2.05) is 17.0 Å². The summed E-state index contributed by atoms with van der Waals surface area (Å²) in [6.07, 6.45) is 3.42. The molecule has 0 saturated carbocycles. The Morgan fingerprint density at radius 3 is 2.63 bits per heavy atom. The predicted molar refractivity (Wildman–Crippen MR) is 103 cm³/mol. The van der Waals surface area contributed by atoms with Gasteiger partial charge >= 0.3 is 0 Å². The van der Waals surface area contributed by atoms with Gasteiger partial charge in [-0.3, -0.25) is 9.52 Å². The fourth-order valence-electron chi connectivity index (χ4n) is 3.25. The average molecular weight is 402 g/mol. The van der Waals surface area contributed by atoms with E-state index in [9.17, 15) is 13.2 Å². The van der Waals surface area contributed by atoms with E-state index in [1.54, 1.807) is 48.0 Å². The van der Waals surface area contributed by atoms with Crippen molar-refractivity contribution in [2.24, 2.45) is 0 Å². The summed E-state index contributed by atoms with van der Waals surface area (Å²) < 4.78 is 32.8. The van der Waals surface area contributed by atoms with Crippen LogP contribution in [0.2, 0.25) is 0 Å². The topological polar surface area (TPSA) is 79.6 Å². The van der Waals surface area contributed by atoms with Crippen molar-refractivity contribution in [1.29, 1.82) is 0 Å². The predicted octanol–water partition coefficient (Wildman–Crippen LogP) is 4.12. The van der Waals surface area contributed by atoms with Gasteiger partial charge in [-0.05, 0) is 60.7 Å². The van der Waals surface area contributed by atoms with Crippen LogP contribution in [0.1, 0.15) is 35.0 Å². The fourth-order valence-corrected chi connectivity index (χ4v) is 5.31. The number of nitrogens with zero attached hydrogens (tertiary/aromatic N) is 1. The molecule has 1 atom stereocenters. The maximum absolute atomic E-state index is 12.9. The third-order valence-electron chi connectivity index (χ3n) is 4.53. The summed E-state index contributed by atoms with van der Waals surface area (Å²) >= 11 is 1.15. The quantitative estimate of drug-likeness (QED) is 0.696. The first-order chi connectivity index (χ1) is 13.0. The summed E-state index contributed by atoms with van der Waals surface area (Å²) in [4.78, 5) is 14.7. The van der Waals surface area contributed by atoms with Gasteiger partial charge in [0.2, 0.25) is 0 Å². The van der Waals surface area contributed by atoms with Crippen LogP contribution in [0.15, 0.2) is 68.8 Å². The first-order valence-electron chi connectivity index (χ1n) is 8.55. The van der Waals surface area contributed by atoms with Crippen LogP contribution in [-0.2, 0) is 10.0 Å². The Morgan fingerprint density at radius 2 is 1.96 bits per heavy atom. The van der Waals surface area contributed by atoms with E-state index in [0.29, 0.717) is 17.8 Å². The number of nitrogens with one attached hydrogen (secondary N) is 1. The highest BCUT2D eigenvalue weighted by Crippen LogP contribution is 2.33. The summed E-state index contributed by atoms with van der Waals surface area (Å²) in [5.41, 5.74) is 0.941. The van der Waals surface area contributed by atoms with Crippen molar-refractivity contribution in [3.05, 3.63) is 71.5 Å². The number of hydrogen-bond donors (Lipinski definition) is 1. The molecule has 8 heteroatoms. The lowest BCUT2D eigenvalue weighted by Gasteiger charge is -2.23. The van der Waals surface area contributed by atoms with Gasteiger partial charge in [-0.15, -0.1) is 11.3 Å². The van der Waals surface area contributed by atoms with E-state index < -0.39 is 10.0 Å². The molecule has 1 aromatic carbocycles. The normalized spacial score (nSPS) is 17.2. The smallest absolute Gasteiger partial charge is 0.271 e. The molecular weight excluding hydrogens is 384 g/mol. The average Bonchev–Trinajstić information content (AvgIpc) is 3.43. The molecule has 27 heavy (non-hydrogen) atoms. The molecule has 140 valence electrons. The molecule has 1 aliphatic rings. The van der Waals surface area contributed by atoms with Crippen LogP contribution in [0.5, 0.6) is 0 Å². The summed E-state index contributed by atoms with van der Waals surface area (Å²) in [6, 6.07) is 13.4. The number of thiophene rings is 1. The highest BCUT2D eigenvalue weighted by atomic mass is 32.2. The minimum absolute atomic E-state index is 0.0514. The fraction of sp³-hybridized carbons (Fsp3) is 0.211. The van der Waals surface area contributed by atoms with Gasteiger partial charge in [0.05, 0.1) is 12.3 Å². The number of benzene rings is 1. The van der Waals surface area contributed by atoms with E-state index in [2.05, 4.69) is 4.72 Å². The van der Waals surface area contributed by atoms with Crippen molar-refractivity contribution in [2.45, 2.75) is 23.1 Å². The van der Waals surface area contributed by atoms with Gasteiger partial charge < -0.3 is 9.32 Å². The third-order valence-corrected chi connectivity index (χ3v) is 7.31. The van der Waals surface area contributed by atoms with Crippen LogP contribution < -0.4 is 4.72 Å². The molecule has 1 saturated heterocycles. The lowest BCUT2D eigenvalue weighted by Crippen LogP contribution is -2.30. The number of anilines is 1. The van der Waals surface area contributed by atoms with Gasteiger partial charge in [0.25, 0.3) is 15.9 Å². The minimum atomic E-state index is -3.60. The van der Waals surface area contributed by atoms with Gasteiger partial charge in [-0.25, -0.2) is 8.42 Å². The Kier molecular flexibility index (Phi) is 4.75. The highest BCUT2D eigenvalue weighted by Gasteiger charge is 2.32. The van der Waals surface area contributed by atoms with Crippen molar-refractivity contribution in [3.63, 3.8) is 0 Å². The summed E-state index contributed by atoms with van der Waals surface area (Å²) in [5.74, 6) is 0.711. The monoisotopic (exact) mass is 402 g/mol. The molecule has 1 aliphatic heterocycles. The van der Waals surface area contributed by atoms with Crippen molar-refractivity contribution >= 4 is 33.0 Å². The highest BCUT2D eigenvalue weighted by molar-refractivity contribution is 7.94. The molecule has 1 N–H and O–H groups in total. The standard InChI is InChI=1S/C19H18N2O4S2/c22-19(21-11-1-4-16(21)17-5-2-12-25-17)14-7-9-15(10-8-14)20-27(23,24)18-6-3-13-26-18/h2-3,5-10,12-13,16,20H,1,4,11H2. The number of carbonyl (C=O) groups is 1. The first kappa shape index (κ1) is 17.8. The summed E-state index contributed by atoms with van der Waals surface area (Å²) in [5, 5.41) is 1.71. The van der Waals surface area contributed by atoms with Gasteiger partial charge in [0.1, 0.15) is 9.97 Å². The number of likely N-dealkylation sites (tertiary alicyclic amines) is 1.